The zero-order valence-electron chi connectivity index (χ0n) is 16.2. The average Bonchev–Trinajstić information content (AvgIpc) is 2.66. The zero-order chi connectivity index (χ0) is 20.7. The SMILES string of the molecule is COc1ccc(Cl)cc1NC(=O)CN(C)C(=O)COc1ccc(C)cc1OC. The number of nitrogens with one attached hydrogen (secondary N) is 1. The van der Waals surface area contributed by atoms with Crippen LogP contribution in [0.4, 0.5) is 5.69 Å². The minimum Gasteiger partial charge on any atom is -0.495 e. The molecule has 0 radical (unpaired) electrons. The Bertz CT molecular complexity index is 856. The van der Waals surface area contributed by atoms with Crippen LogP contribution in [0, 0.1) is 6.92 Å². The van der Waals surface area contributed by atoms with Crippen molar-refractivity contribution in [1.82, 2.24) is 4.90 Å². The van der Waals surface area contributed by atoms with E-state index >= 15 is 0 Å². The van der Waals surface area contributed by atoms with E-state index in [0.29, 0.717) is 28.0 Å². The molecule has 0 atom stereocenters. The Hall–Kier alpha value is -2.93. The van der Waals surface area contributed by atoms with Gasteiger partial charge in [0.15, 0.2) is 18.1 Å². The first-order valence-corrected chi connectivity index (χ1v) is 8.86. The third-order valence-electron chi connectivity index (χ3n) is 3.91. The molecule has 2 aromatic rings. The molecule has 2 aromatic carbocycles. The zero-order valence-corrected chi connectivity index (χ0v) is 17.0. The number of aryl methyl sites for hydroxylation is 1. The predicted octanol–water partition coefficient (Wildman–Crippen LogP) is 3.14. The summed E-state index contributed by atoms with van der Waals surface area (Å²) >= 11 is 5.95. The summed E-state index contributed by atoms with van der Waals surface area (Å²) in [6.45, 7) is 1.56. The molecule has 2 rings (SSSR count). The number of nitrogens with zero attached hydrogens (tertiary/aromatic N) is 1. The minimum atomic E-state index is -0.385. The van der Waals surface area contributed by atoms with Crippen LogP contribution in [0.1, 0.15) is 5.56 Å². The van der Waals surface area contributed by atoms with Gasteiger partial charge in [-0.05, 0) is 42.8 Å². The predicted molar refractivity (Wildman–Crippen MR) is 107 cm³/mol. The summed E-state index contributed by atoms with van der Waals surface area (Å²) in [6.07, 6.45) is 0. The maximum absolute atomic E-state index is 12.3. The van der Waals surface area contributed by atoms with E-state index in [9.17, 15) is 9.59 Å². The van der Waals surface area contributed by atoms with Crippen LogP contribution in [0.25, 0.3) is 0 Å². The van der Waals surface area contributed by atoms with Crippen LogP contribution in [-0.4, -0.2) is 51.1 Å². The summed E-state index contributed by atoms with van der Waals surface area (Å²) in [5.74, 6) is 0.742. The first kappa shape index (κ1) is 21.4. The molecule has 1 N–H and O–H groups in total. The van der Waals surface area contributed by atoms with Crippen molar-refractivity contribution in [2.24, 2.45) is 0 Å². The fraction of sp³-hybridized carbons (Fsp3) is 0.300. The molecule has 0 fully saturated rings. The summed E-state index contributed by atoms with van der Waals surface area (Å²) in [6, 6.07) is 10.3. The van der Waals surface area contributed by atoms with Crippen molar-refractivity contribution in [2.75, 3.05) is 39.7 Å². The number of rotatable bonds is 8. The largest absolute Gasteiger partial charge is 0.495 e. The number of amides is 2. The molecule has 0 spiro atoms. The van der Waals surface area contributed by atoms with E-state index in [1.165, 1.54) is 26.2 Å². The van der Waals surface area contributed by atoms with Crippen LogP contribution in [0.5, 0.6) is 17.2 Å². The number of hydrogen-bond donors (Lipinski definition) is 1. The summed E-state index contributed by atoms with van der Waals surface area (Å²) in [4.78, 5) is 25.8. The van der Waals surface area contributed by atoms with Gasteiger partial charge in [-0.25, -0.2) is 0 Å². The van der Waals surface area contributed by atoms with Crippen molar-refractivity contribution in [1.29, 1.82) is 0 Å². The van der Waals surface area contributed by atoms with Crippen LogP contribution < -0.4 is 19.5 Å². The van der Waals surface area contributed by atoms with Gasteiger partial charge in [0.05, 0.1) is 26.5 Å². The van der Waals surface area contributed by atoms with E-state index < -0.39 is 0 Å². The Morgan fingerprint density at radius 1 is 1.04 bits per heavy atom. The van der Waals surface area contributed by atoms with Crippen molar-refractivity contribution >= 4 is 29.1 Å². The van der Waals surface area contributed by atoms with Gasteiger partial charge >= 0.3 is 0 Å². The molecule has 7 nitrogen and oxygen atoms in total. The monoisotopic (exact) mass is 406 g/mol. The van der Waals surface area contributed by atoms with Gasteiger partial charge in [0.25, 0.3) is 5.91 Å². The molecular formula is C20H23ClN2O5. The van der Waals surface area contributed by atoms with Gasteiger partial charge in [0, 0.05) is 12.1 Å². The van der Waals surface area contributed by atoms with Crippen molar-refractivity contribution < 1.29 is 23.8 Å². The molecule has 0 aliphatic rings. The molecule has 0 bridgehead atoms. The molecule has 0 saturated carbocycles. The van der Waals surface area contributed by atoms with Gasteiger partial charge in [-0.15, -0.1) is 0 Å². The molecule has 0 aliphatic heterocycles. The van der Waals surface area contributed by atoms with Crippen LogP contribution in [-0.2, 0) is 9.59 Å². The second-order valence-corrected chi connectivity index (χ2v) is 6.52. The summed E-state index contributed by atoms with van der Waals surface area (Å²) in [5, 5.41) is 3.14. The Labute approximate surface area is 169 Å². The highest BCUT2D eigenvalue weighted by atomic mass is 35.5. The van der Waals surface area contributed by atoms with Gasteiger partial charge in [0.2, 0.25) is 5.91 Å². The second-order valence-electron chi connectivity index (χ2n) is 6.09. The lowest BCUT2D eigenvalue weighted by Crippen LogP contribution is -2.37. The van der Waals surface area contributed by atoms with Crippen LogP contribution >= 0.6 is 11.6 Å². The van der Waals surface area contributed by atoms with Gasteiger partial charge in [-0.2, -0.15) is 0 Å². The maximum Gasteiger partial charge on any atom is 0.260 e. The molecule has 28 heavy (non-hydrogen) atoms. The average molecular weight is 407 g/mol. The summed E-state index contributed by atoms with van der Waals surface area (Å²) < 4.78 is 16.0. The van der Waals surface area contributed by atoms with Crippen molar-refractivity contribution in [3.05, 3.63) is 47.0 Å². The Morgan fingerprint density at radius 3 is 2.39 bits per heavy atom. The first-order chi connectivity index (χ1) is 13.3. The minimum absolute atomic E-state index is 0.150. The first-order valence-electron chi connectivity index (χ1n) is 8.48. The summed E-state index contributed by atoms with van der Waals surface area (Å²) in [5.41, 5.74) is 1.45. The lowest BCUT2D eigenvalue weighted by molar-refractivity contribution is -0.135. The number of halogens is 1. The third-order valence-corrected chi connectivity index (χ3v) is 4.15. The van der Waals surface area contributed by atoms with Gasteiger partial charge < -0.3 is 24.4 Å². The molecule has 0 heterocycles. The topological polar surface area (TPSA) is 77.1 Å². The maximum atomic E-state index is 12.3. The van der Waals surface area contributed by atoms with Crippen molar-refractivity contribution in [3.8, 4) is 17.2 Å². The molecule has 0 aliphatic carbocycles. The van der Waals surface area contributed by atoms with Crippen molar-refractivity contribution in [2.45, 2.75) is 6.92 Å². The van der Waals surface area contributed by atoms with E-state index in [1.807, 2.05) is 19.1 Å². The molecule has 0 saturated heterocycles. The molecule has 150 valence electrons. The van der Waals surface area contributed by atoms with Crippen LogP contribution in [0.2, 0.25) is 5.02 Å². The molecule has 2 amide bonds. The number of likely N-dealkylation sites (N-methyl/N-ethyl adjacent to an activating group) is 1. The van der Waals surface area contributed by atoms with E-state index in [-0.39, 0.29) is 25.0 Å². The molecular weight excluding hydrogens is 384 g/mol. The Morgan fingerprint density at radius 2 is 1.71 bits per heavy atom. The Balaban J connectivity index is 1.92. The lowest BCUT2D eigenvalue weighted by Gasteiger charge is -2.18. The lowest BCUT2D eigenvalue weighted by atomic mass is 10.2. The van der Waals surface area contributed by atoms with E-state index in [2.05, 4.69) is 5.32 Å². The van der Waals surface area contributed by atoms with Crippen molar-refractivity contribution in [3.63, 3.8) is 0 Å². The fourth-order valence-corrected chi connectivity index (χ4v) is 2.59. The summed E-state index contributed by atoms with van der Waals surface area (Å²) in [7, 11) is 4.54. The van der Waals surface area contributed by atoms with Crippen LogP contribution in [0.3, 0.4) is 0 Å². The molecule has 0 aromatic heterocycles. The van der Waals surface area contributed by atoms with Gasteiger partial charge in [-0.1, -0.05) is 17.7 Å². The number of benzene rings is 2. The quantitative estimate of drug-likeness (QED) is 0.728. The van der Waals surface area contributed by atoms with Crippen LogP contribution in [0.15, 0.2) is 36.4 Å². The third kappa shape index (κ3) is 5.79. The molecule has 8 heteroatoms. The number of carbonyl (C=O) groups is 2. The highest BCUT2D eigenvalue weighted by Crippen LogP contribution is 2.28. The number of anilines is 1. The second kappa shape index (κ2) is 9.85. The van der Waals surface area contributed by atoms with E-state index in [1.54, 1.807) is 24.3 Å². The number of carbonyl (C=O) groups excluding carboxylic acids is 2. The fourth-order valence-electron chi connectivity index (χ4n) is 2.41. The number of ether oxygens (including phenoxy) is 3. The number of methoxy groups -OCH3 is 2. The normalized spacial score (nSPS) is 10.2. The standard InChI is InChI=1S/C20H23ClN2O5/c1-13-5-7-17(18(9-13)27-4)28-12-20(25)23(2)11-19(24)22-15-10-14(21)6-8-16(15)26-3/h5-10H,11-12H2,1-4H3,(H,22,24). The highest BCUT2D eigenvalue weighted by Gasteiger charge is 2.16. The number of hydrogen-bond acceptors (Lipinski definition) is 5. The van der Waals surface area contributed by atoms with Gasteiger partial charge in [0.1, 0.15) is 5.75 Å². The van der Waals surface area contributed by atoms with Gasteiger partial charge in [-0.3, -0.25) is 9.59 Å². The highest BCUT2D eigenvalue weighted by molar-refractivity contribution is 6.31. The molecule has 0 unspecified atom stereocenters. The Kier molecular flexibility index (Phi) is 7.52. The van der Waals surface area contributed by atoms with E-state index in [4.69, 9.17) is 25.8 Å². The smallest absolute Gasteiger partial charge is 0.260 e. The van der Waals surface area contributed by atoms with E-state index in [0.717, 1.165) is 5.56 Å².